The highest BCUT2D eigenvalue weighted by molar-refractivity contribution is 7.89. The standard InChI is InChI=1S/C16H18N4O4S/c1-10-7-13-14(24-16(21)20-13)8-15(10)25(22,23)19-6-5-18-12-3-4-17-9-11(12)2/h3-4,7-9,19H,5-6H2,1-2H3,(H,17,18)(H,20,21). The fourth-order valence-corrected chi connectivity index (χ4v) is 3.78. The summed E-state index contributed by atoms with van der Waals surface area (Å²) < 4.78 is 32.5. The summed E-state index contributed by atoms with van der Waals surface area (Å²) in [6, 6.07) is 4.76. The van der Waals surface area contributed by atoms with E-state index in [0.717, 1.165) is 11.3 Å². The summed E-state index contributed by atoms with van der Waals surface area (Å²) in [6.45, 7) is 4.21. The van der Waals surface area contributed by atoms with Crippen LogP contribution in [0.1, 0.15) is 11.1 Å². The Kier molecular flexibility index (Phi) is 4.60. The molecule has 0 aliphatic carbocycles. The third-order valence-electron chi connectivity index (χ3n) is 3.76. The molecule has 0 saturated heterocycles. The molecule has 0 radical (unpaired) electrons. The number of H-pyrrole nitrogens is 1. The molecule has 9 heteroatoms. The molecule has 0 aliphatic heterocycles. The first-order chi connectivity index (χ1) is 11.9. The number of anilines is 1. The highest BCUT2D eigenvalue weighted by Crippen LogP contribution is 2.21. The van der Waals surface area contributed by atoms with E-state index in [-0.39, 0.29) is 17.0 Å². The van der Waals surface area contributed by atoms with Gasteiger partial charge in [-0.05, 0) is 37.1 Å². The summed E-state index contributed by atoms with van der Waals surface area (Å²) in [4.78, 5) is 17.8. The predicted molar refractivity (Wildman–Crippen MR) is 94.2 cm³/mol. The fraction of sp³-hybridized carbons (Fsp3) is 0.250. The van der Waals surface area contributed by atoms with Crippen LogP contribution in [0.25, 0.3) is 11.1 Å². The molecular weight excluding hydrogens is 344 g/mol. The highest BCUT2D eigenvalue weighted by Gasteiger charge is 2.18. The molecule has 8 nitrogen and oxygen atoms in total. The number of hydrogen-bond donors (Lipinski definition) is 3. The van der Waals surface area contributed by atoms with Crippen LogP contribution in [0.5, 0.6) is 0 Å². The maximum atomic E-state index is 12.5. The van der Waals surface area contributed by atoms with E-state index in [9.17, 15) is 13.2 Å². The van der Waals surface area contributed by atoms with Gasteiger partial charge in [0.15, 0.2) is 5.58 Å². The lowest BCUT2D eigenvalue weighted by atomic mass is 10.2. The van der Waals surface area contributed by atoms with E-state index in [0.29, 0.717) is 17.6 Å². The van der Waals surface area contributed by atoms with E-state index in [4.69, 9.17) is 4.42 Å². The Morgan fingerprint density at radius 3 is 2.76 bits per heavy atom. The molecule has 3 aromatic rings. The molecule has 0 saturated carbocycles. The minimum absolute atomic E-state index is 0.0860. The number of nitrogens with one attached hydrogen (secondary N) is 3. The Balaban J connectivity index is 1.70. The monoisotopic (exact) mass is 362 g/mol. The first-order valence-corrected chi connectivity index (χ1v) is 9.13. The molecule has 1 aromatic carbocycles. The molecule has 0 atom stereocenters. The van der Waals surface area contributed by atoms with Crippen LogP contribution in [0.2, 0.25) is 0 Å². The van der Waals surface area contributed by atoms with Crippen molar-refractivity contribution in [1.29, 1.82) is 0 Å². The number of oxazole rings is 1. The molecule has 0 unspecified atom stereocenters. The summed E-state index contributed by atoms with van der Waals surface area (Å²) in [5.41, 5.74) is 3.09. The van der Waals surface area contributed by atoms with Crippen LogP contribution in [-0.4, -0.2) is 31.5 Å². The van der Waals surface area contributed by atoms with Gasteiger partial charge in [-0.15, -0.1) is 0 Å². The van der Waals surface area contributed by atoms with Gasteiger partial charge in [-0.2, -0.15) is 0 Å². The van der Waals surface area contributed by atoms with Crippen molar-refractivity contribution >= 4 is 26.8 Å². The minimum Gasteiger partial charge on any atom is -0.408 e. The third kappa shape index (κ3) is 3.72. The number of sulfonamides is 1. The van der Waals surface area contributed by atoms with E-state index in [1.807, 2.05) is 13.0 Å². The predicted octanol–water partition coefficient (Wildman–Crippen LogP) is 1.52. The van der Waals surface area contributed by atoms with Gasteiger partial charge in [-0.1, -0.05) is 0 Å². The molecular formula is C16H18N4O4S. The van der Waals surface area contributed by atoms with E-state index < -0.39 is 15.8 Å². The van der Waals surface area contributed by atoms with Crippen LogP contribution in [0.3, 0.4) is 0 Å². The molecule has 0 aliphatic rings. The molecule has 3 rings (SSSR count). The van der Waals surface area contributed by atoms with Crippen molar-refractivity contribution in [3.8, 4) is 0 Å². The normalized spacial score (nSPS) is 11.8. The smallest absolute Gasteiger partial charge is 0.408 e. The average Bonchev–Trinajstić information content (AvgIpc) is 2.91. The summed E-state index contributed by atoms with van der Waals surface area (Å²) in [7, 11) is -3.72. The molecule has 3 N–H and O–H groups in total. The van der Waals surface area contributed by atoms with Crippen LogP contribution in [-0.2, 0) is 10.0 Å². The SMILES string of the molecule is Cc1cnccc1NCCNS(=O)(=O)c1cc2oc(=O)[nH]c2cc1C. The van der Waals surface area contributed by atoms with E-state index >= 15 is 0 Å². The Labute approximate surface area is 144 Å². The highest BCUT2D eigenvalue weighted by atomic mass is 32.2. The fourth-order valence-electron chi connectivity index (χ4n) is 2.51. The average molecular weight is 362 g/mol. The Bertz CT molecular complexity index is 1070. The Morgan fingerprint density at radius 2 is 2.00 bits per heavy atom. The summed E-state index contributed by atoms with van der Waals surface area (Å²) in [6.07, 6.45) is 3.40. The van der Waals surface area contributed by atoms with E-state index in [1.54, 1.807) is 25.4 Å². The second-order valence-electron chi connectivity index (χ2n) is 5.64. The maximum Gasteiger partial charge on any atom is 0.417 e. The topological polar surface area (TPSA) is 117 Å². The van der Waals surface area contributed by atoms with Crippen molar-refractivity contribution in [2.75, 3.05) is 18.4 Å². The van der Waals surface area contributed by atoms with Gasteiger partial charge in [0.2, 0.25) is 10.0 Å². The first-order valence-electron chi connectivity index (χ1n) is 7.64. The van der Waals surface area contributed by atoms with Crippen molar-refractivity contribution < 1.29 is 12.8 Å². The Hall–Kier alpha value is -2.65. The minimum atomic E-state index is -3.72. The summed E-state index contributed by atoms with van der Waals surface area (Å²) in [5.74, 6) is -0.617. The van der Waals surface area contributed by atoms with Gasteiger partial charge >= 0.3 is 5.76 Å². The van der Waals surface area contributed by atoms with Crippen LogP contribution in [0.4, 0.5) is 5.69 Å². The zero-order valence-electron chi connectivity index (χ0n) is 13.8. The van der Waals surface area contributed by atoms with E-state index in [2.05, 4.69) is 20.0 Å². The number of fused-ring (bicyclic) bond motifs is 1. The van der Waals surface area contributed by atoms with Gasteiger partial charge < -0.3 is 9.73 Å². The van der Waals surface area contributed by atoms with Gasteiger partial charge in [0.1, 0.15) is 0 Å². The molecule has 0 bridgehead atoms. The van der Waals surface area contributed by atoms with Gasteiger partial charge in [0, 0.05) is 37.2 Å². The second kappa shape index (κ2) is 6.69. The number of aromatic nitrogens is 2. The van der Waals surface area contributed by atoms with Gasteiger partial charge in [-0.25, -0.2) is 17.9 Å². The lowest BCUT2D eigenvalue weighted by molar-refractivity contribution is 0.553. The van der Waals surface area contributed by atoms with Crippen LogP contribution >= 0.6 is 0 Å². The number of aromatic amines is 1. The maximum absolute atomic E-state index is 12.5. The van der Waals surface area contributed by atoms with E-state index in [1.165, 1.54) is 6.07 Å². The molecule has 0 fully saturated rings. The van der Waals surface area contributed by atoms with Crippen molar-refractivity contribution in [3.05, 3.63) is 52.3 Å². The first kappa shape index (κ1) is 17.2. The number of pyridine rings is 1. The number of aryl methyl sites for hydroxylation is 2. The van der Waals surface area contributed by atoms with Crippen molar-refractivity contribution in [2.45, 2.75) is 18.7 Å². The van der Waals surface area contributed by atoms with Gasteiger partial charge in [0.25, 0.3) is 0 Å². The second-order valence-corrected chi connectivity index (χ2v) is 7.38. The molecule has 2 heterocycles. The zero-order valence-corrected chi connectivity index (χ0v) is 14.6. The largest absolute Gasteiger partial charge is 0.417 e. The Morgan fingerprint density at radius 1 is 1.20 bits per heavy atom. The molecule has 25 heavy (non-hydrogen) atoms. The lowest BCUT2D eigenvalue weighted by Gasteiger charge is -2.11. The lowest BCUT2D eigenvalue weighted by Crippen LogP contribution is -2.29. The van der Waals surface area contributed by atoms with Crippen LogP contribution in [0.15, 0.2) is 44.7 Å². The van der Waals surface area contributed by atoms with Crippen molar-refractivity contribution in [1.82, 2.24) is 14.7 Å². The third-order valence-corrected chi connectivity index (χ3v) is 5.36. The van der Waals surface area contributed by atoms with Gasteiger partial charge in [0.05, 0.1) is 10.4 Å². The van der Waals surface area contributed by atoms with Gasteiger partial charge in [-0.3, -0.25) is 9.97 Å². The molecule has 2 aromatic heterocycles. The van der Waals surface area contributed by atoms with Crippen LogP contribution in [0, 0.1) is 13.8 Å². The quantitative estimate of drug-likeness (QED) is 0.573. The van der Waals surface area contributed by atoms with Crippen molar-refractivity contribution in [3.63, 3.8) is 0 Å². The molecule has 0 spiro atoms. The number of hydrogen-bond acceptors (Lipinski definition) is 6. The summed E-state index contributed by atoms with van der Waals surface area (Å²) >= 11 is 0. The summed E-state index contributed by atoms with van der Waals surface area (Å²) in [5, 5.41) is 3.15. The number of benzene rings is 1. The number of rotatable bonds is 6. The molecule has 132 valence electrons. The number of nitrogens with zero attached hydrogens (tertiary/aromatic N) is 1. The molecule has 0 amide bonds. The van der Waals surface area contributed by atoms with Crippen LogP contribution < -0.4 is 15.8 Å². The van der Waals surface area contributed by atoms with Crippen molar-refractivity contribution in [2.24, 2.45) is 0 Å². The zero-order chi connectivity index (χ0) is 18.0.